The van der Waals surface area contributed by atoms with Crippen molar-refractivity contribution in [3.8, 4) is 0 Å². The lowest BCUT2D eigenvalue weighted by molar-refractivity contribution is -0.150. The first kappa shape index (κ1) is 11.6. The molecule has 0 bridgehead atoms. The third kappa shape index (κ3) is 1.99. The second kappa shape index (κ2) is 4.55. The van der Waals surface area contributed by atoms with Crippen LogP contribution in [0, 0.1) is 0 Å². The molecule has 4 heteroatoms. The van der Waals surface area contributed by atoms with Crippen molar-refractivity contribution in [3.05, 3.63) is 22.4 Å². The molecule has 16 heavy (non-hydrogen) atoms. The zero-order chi connectivity index (χ0) is 11.6. The van der Waals surface area contributed by atoms with Crippen LogP contribution in [0.15, 0.2) is 16.8 Å². The van der Waals surface area contributed by atoms with E-state index in [1.54, 1.807) is 11.3 Å². The smallest absolute Gasteiger partial charge is 0.324 e. The quantitative estimate of drug-likeness (QED) is 0.878. The maximum absolute atomic E-state index is 11.5. The first-order valence-electron chi connectivity index (χ1n) is 5.61. The Morgan fingerprint density at radius 2 is 2.25 bits per heavy atom. The van der Waals surface area contributed by atoms with Gasteiger partial charge in [-0.25, -0.2) is 0 Å². The van der Waals surface area contributed by atoms with E-state index < -0.39 is 11.5 Å². The van der Waals surface area contributed by atoms with Crippen molar-refractivity contribution in [3.63, 3.8) is 0 Å². The molecule has 1 aromatic heterocycles. The Kier molecular flexibility index (Phi) is 3.30. The highest BCUT2D eigenvalue weighted by Gasteiger charge is 2.44. The number of hydrogen-bond acceptors (Lipinski definition) is 3. The largest absolute Gasteiger partial charge is 0.480 e. The van der Waals surface area contributed by atoms with Gasteiger partial charge in [0.1, 0.15) is 5.54 Å². The molecule has 0 radical (unpaired) electrons. The van der Waals surface area contributed by atoms with Gasteiger partial charge in [-0.2, -0.15) is 11.3 Å². The predicted molar refractivity (Wildman–Crippen MR) is 64.6 cm³/mol. The van der Waals surface area contributed by atoms with Gasteiger partial charge in [-0.05, 0) is 42.3 Å². The van der Waals surface area contributed by atoms with E-state index in [2.05, 4.69) is 11.4 Å². The summed E-state index contributed by atoms with van der Waals surface area (Å²) in [5.41, 5.74) is 0.585. The molecule has 1 saturated carbocycles. The average molecular weight is 239 g/mol. The maximum Gasteiger partial charge on any atom is 0.324 e. The van der Waals surface area contributed by atoms with E-state index in [0.29, 0.717) is 0 Å². The molecule has 1 aromatic rings. The average Bonchev–Trinajstić information content (AvgIpc) is 2.87. The molecule has 1 heterocycles. The number of hydrogen-bond donors (Lipinski definition) is 1. The van der Waals surface area contributed by atoms with Crippen LogP contribution in [0.1, 0.15) is 31.2 Å². The number of thiophene rings is 1. The van der Waals surface area contributed by atoms with Gasteiger partial charge in [-0.15, -0.1) is 0 Å². The van der Waals surface area contributed by atoms with Gasteiger partial charge in [0.2, 0.25) is 0 Å². The van der Waals surface area contributed by atoms with E-state index in [4.69, 9.17) is 0 Å². The zero-order valence-corrected chi connectivity index (χ0v) is 10.3. The molecule has 0 saturated heterocycles. The van der Waals surface area contributed by atoms with Crippen LogP contribution in [-0.4, -0.2) is 28.6 Å². The molecular formula is C12H17NO2S. The zero-order valence-electron chi connectivity index (χ0n) is 9.48. The number of carboxylic acid groups (broad SMARTS) is 1. The molecule has 0 unspecified atom stereocenters. The summed E-state index contributed by atoms with van der Waals surface area (Å²) >= 11 is 1.66. The molecule has 1 aliphatic rings. The van der Waals surface area contributed by atoms with Crippen molar-refractivity contribution in [1.82, 2.24) is 4.90 Å². The summed E-state index contributed by atoms with van der Waals surface area (Å²) < 4.78 is 0. The standard InChI is InChI=1S/C12H17NO2S/c1-13(8-10-4-7-16-9-10)12(11(14)15)5-2-3-6-12/h4,7,9H,2-3,5-6,8H2,1H3,(H,14,15). The van der Waals surface area contributed by atoms with Crippen LogP contribution in [0.4, 0.5) is 0 Å². The minimum absolute atomic E-state index is 0.623. The molecule has 0 aromatic carbocycles. The van der Waals surface area contributed by atoms with Gasteiger partial charge < -0.3 is 5.11 Å². The second-order valence-electron chi connectivity index (χ2n) is 4.53. The number of rotatable bonds is 4. The Bertz CT molecular complexity index is 355. The first-order valence-corrected chi connectivity index (χ1v) is 6.55. The van der Waals surface area contributed by atoms with Crippen LogP contribution < -0.4 is 0 Å². The summed E-state index contributed by atoms with van der Waals surface area (Å²) in [6.07, 6.45) is 3.62. The Labute approximate surface area is 99.7 Å². The van der Waals surface area contributed by atoms with Crippen molar-refractivity contribution in [2.75, 3.05) is 7.05 Å². The second-order valence-corrected chi connectivity index (χ2v) is 5.31. The highest BCUT2D eigenvalue weighted by Crippen LogP contribution is 2.35. The summed E-state index contributed by atoms with van der Waals surface area (Å²) in [6, 6.07) is 2.06. The maximum atomic E-state index is 11.5. The summed E-state index contributed by atoms with van der Waals surface area (Å²) in [5.74, 6) is -0.664. The van der Waals surface area contributed by atoms with Crippen LogP contribution in [0.25, 0.3) is 0 Å². The van der Waals surface area contributed by atoms with Crippen LogP contribution >= 0.6 is 11.3 Å². The van der Waals surface area contributed by atoms with Crippen LogP contribution in [0.5, 0.6) is 0 Å². The number of nitrogens with zero attached hydrogens (tertiary/aromatic N) is 1. The Balaban J connectivity index is 2.12. The fraction of sp³-hybridized carbons (Fsp3) is 0.583. The molecule has 0 spiro atoms. The molecular weight excluding hydrogens is 222 g/mol. The fourth-order valence-corrected chi connectivity index (χ4v) is 3.19. The van der Waals surface area contributed by atoms with Crippen LogP contribution in [0.3, 0.4) is 0 Å². The van der Waals surface area contributed by atoms with Gasteiger partial charge in [-0.1, -0.05) is 12.8 Å². The number of likely N-dealkylation sites (N-methyl/N-ethyl adjacent to an activating group) is 1. The van der Waals surface area contributed by atoms with E-state index >= 15 is 0 Å². The van der Waals surface area contributed by atoms with Gasteiger partial charge in [0.25, 0.3) is 0 Å². The Morgan fingerprint density at radius 3 is 2.75 bits per heavy atom. The third-order valence-corrected chi connectivity index (χ3v) is 4.29. The SMILES string of the molecule is CN(Cc1ccsc1)C1(C(=O)O)CCCC1. The Morgan fingerprint density at radius 1 is 1.56 bits per heavy atom. The topological polar surface area (TPSA) is 40.5 Å². The lowest BCUT2D eigenvalue weighted by atomic mass is 9.95. The normalized spacial score (nSPS) is 19.1. The molecule has 0 amide bonds. The fourth-order valence-electron chi connectivity index (χ4n) is 2.53. The van der Waals surface area contributed by atoms with E-state index in [0.717, 1.165) is 32.2 Å². The molecule has 3 nitrogen and oxygen atoms in total. The minimum Gasteiger partial charge on any atom is -0.480 e. The molecule has 1 fully saturated rings. The van der Waals surface area contributed by atoms with Crippen molar-refractivity contribution >= 4 is 17.3 Å². The molecule has 1 aliphatic carbocycles. The van der Waals surface area contributed by atoms with Crippen molar-refractivity contribution in [1.29, 1.82) is 0 Å². The first-order chi connectivity index (χ1) is 7.65. The van der Waals surface area contributed by atoms with Gasteiger partial charge in [0, 0.05) is 6.54 Å². The van der Waals surface area contributed by atoms with Crippen molar-refractivity contribution in [2.24, 2.45) is 0 Å². The monoisotopic (exact) mass is 239 g/mol. The molecule has 1 N–H and O–H groups in total. The Hall–Kier alpha value is -0.870. The highest BCUT2D eigenvalue weighted by molar-refractivity contribution is 7.07. The highest BCUT2D eigenvalue weighted by atomic mass is 32.1. The number of carboxylic acids is 1. The molecule has 2 rings (SSSR count). The summed E-state index contributed by atoms with van der Waals surface area (Å²) in [7, 11) is 1.93. The van der Waals surface area contributed by atoms with E-state index in [1.807, 2.05) is 17.3 Å². The molecule has 0 aliphatic heterocycles. The van der Waals surface area contributed by atoms with E-state index in [-0.39, 0.29) is 0 Å². The van der Waals surface area contributed by atoms with E-state index in [1.165, 1.54) is 5.56 Å². The summed E-state index contributed by atoms with van der Waals surface area (Å²) in [6.45, 7) is 0.732. The van der Waals surface area contributed by atoms with Gasteiger partial charge in [-0.3, -0.25) is 9.69 Å². The van der Waals surface area contributed by atoms with Gasteiger partial charge in [0.05, 0.1) is 0 Å². The van der Waals surface area contributed by atoms with Crippen LogP contribution in [0.2, 0.25) is 0 Å². The number of carbonyl (C=O) groups is 1. The molecule has 88 valence electrons. The predicted octanol–water partition coefficient (Wildman–Crippen LogP) is 2.58. The van der Waals surface area contributed by atoms with Crippen LogP contribution in [-0.2, 0) is 11.3 Å². The summed E-state index contributed by atoms with van der Waals surface area (Å²) in [5, 5.41) is 13.5. The lowest BCUT2D eigenvalue weighted by Crippen LogP contribution is -2.50. The van der Waals surface area contributed by atoms with Crippen molar-refractivity contribution in [2.45, 2.75) is 37.8 Å². The molecule has 0 atom stereocenters. The third-order valence-electron chi connectivity index (χ3n) is 3.56. The summed E-state index contributed by atoms with van der Waals surface area (Å²) in [4.78, 5) is 13.5. The van der Waals surface area contributed by atoms with Gasteiger partial charge in [0.15, 0.2) is 0 Å². The number of aliphatic carboxylic acids is 1. The van der Waals surface area contributed by atoms with Gasteiger partial charge >= 0.3 is 5.97 Å². The minimum atomic E-state index is -0.664. The van der Waals surface area contributed by atoms with E-state index in [9.17, 15) is 9.90 Å². The van der Waals surface area contributed by atoms with Crippen molar-refractivity contribution < 1.29 is 9.90 Å². The lowest BCUT2D eigenvalue weighted by Gasteiger charge is -2.34.